The Morgan fingerprint density at radius 1 is 1.50 bits per heavy atom. The van der Waals surface area contributed by atoms with E-state index in [1.54, 1.807) is 13.8 Å². The highest BCUT2D eigenvalue weighted by molar-refractivity contribution is 5.85. The molecule has 0 amide bonds. The van der Waals surface area contributed by atoms with Gasteiger partial charge in [-0.2, -0.15) is 0 Å². The number of hydrogen-bond donors (Lipinski definition) is 0. The van der Waals surface area contributed by atoms with Gasteiger partial charge in [0.1, 0.15) is 0 Å². The Morgan fingerprint density at radius 2 is 2.07 bits per heavy atom. The molecule has 0 aliphatic heterocycles. The normalized spacial score (nSPS) is 11.6. The number of carbonyl (C=O) groups is 2. The molecule has 0 aromatic heterocycles. The maximum Gasteiger partial charge on any atom is 0.310 e. The number of allylic oxidation sites excluding steroid dienone is 1. The molecule has 0 radical (unpaired) electrons. The first-order valence-electron chi connectivity index (χ1n) is 4.42. The average Bonchev–Trinajstić information content (AvgIpc) is 2.11. The third kappa shape index (κ3) is 5.30. The van der Waals surface area contributed by atoms with Crippen LogP contribution in [-0.4, -0.2) is 18.4 Å². The summed E-state index contributed by atoms with van der Waals surface area (Å²) in [5.74, 6) is -0.829. The summed E-state index contributed by atoms with van der Waals surface area (Å²) in [4.78, 5) is 22.2. The second-order valence-corrected chi connectivity index (χ2v) is 3.29. The molecular weight excluding hydrogens is 180 g/mol. The molecule has 0 aromatic carbocycles. The Kier molecular flexibility index (Phi) is 5.53. The van der Waals surface area contributed by atoms with Gasteiger partial charge >= 0.3 is 5.97 Å². The van der Waals surface area contributed by atoms with Crippen molar-refractivity contribution in [3.05, 3.63) is 24.8 Å². The molecule has 0 saturated carbocycles. The van der Waals surface area contributed by atoms with E-state index in [1.165, 1.54) is 6.08 Å². The van der Waals surface area contributed by atoms with Crippen molar-refractivity contribution in [3.63, 3.8) is 0 Å². The van der Waals surface area contributed by atoms with E-state index in [4.69, 9.17) is 4.74 Å². The lowest BCUT2D eigenvalue weighted by Gasteiger charge is -2.06. The topological polar surface area (TPSA) is 43.4 Å². The second-order valence-electron chi connectivity index (χ2n) is 3.29. The summed E-state index contributed by atoms with van der Waals surface area (Å²) in [6.07, 6.45) is 1.69. The first kappa shape index (κ1) is 12.6. The predicted octanol–water partition coefficient (Wildman–Crippen LogP) is 1.89. The third-order valence-electron chi connectivity index (χ3n) is 1.68. The van der Waals surface area contributed by atoms with Gasteiger partial charge in [0.2, 0.25) is 0 Å². The summed E-state index contributed by atoms with van der Waals surface area (Å²) < 4.78 is 4.74. The molecule has 0 N–H and O–H groups in total. The summed E-state index contributed by atoms with van der Waals surface area (Å²) in [5.41, 5.74) is 0.721. The van der Waals surface area contributed by atoms with Crippen LogP contribution in [0, 0.1) is 5.92 Å². The molecule has 1 atom stereocenters. The number of ether oxygens (including phenoxy) is 1. The molecule has 14 heavy (non-hydrogen) atoms. The lowest BCUT2D eigenvalue weighted by molar-refractivity contribution is -0.147. The van der Waals surface area contributed by atoms with Crippen molar-refractivity contribution < 1.29 is 14.3 Å². The van der Waals surface area contributed by atoms with E-state index < -0.39 is 5.97 Å². The van der Waals surface area contributed by atoms with Gasteiger partial charge in [-0.15, -0.1) is 6.58 Å². The molecule has 0 bridgehead atoms. The molecule has 0 aromatic rings. The van der Waals surface area contributed by atoms with Crippen LogP contribution in [0.15, 0.2) is 24.8 Å². The van der Waals surface area contributed by atoms with Gasteiger partial charge in [-0.25, -0.2) is 0 Å². The van der Waals surface area contributed by atoms with E-state index in [2.05, 4.69) is 13.2 Å². The largest absolute Gasteiger partial charge is 0.457 e. The molecule has 3 heteroatoms. The van der Waals surface area contributed by atoms with Crippen LogP contribution in [0.4, 0.5) is 0 Å². The predicted molar refractivity (Wildman–Crippen MR) is 54.8 cm³/mol. The van der Waals surface area contributed by atoms with E-state index in [1.807, 2.05) is 0 Å². The van der Waals surface area contributed by atoms with Gasteiger partial charge in [-0.3, -0.25) is 9.59 Å². The van der Waals surface area contributed by atoms with Gasteiger partial charge < -0.3 is 4.74 Å². The second kappa shape index (κ2) is 6.13. The Morgan fingerprint density at radius 3 is 2.50 bits per heavy atom. The Balaban J connectivity index is 3.83. The van der Waals surface area contributed by atoms with Crippen LogP contribution < -0.4 is 0 Å². The van der Waals surface area contributed by atoms with E-state index in [0.717, 1.165) is 5.57 Å². The molecule has 3 nitrogen and oxygen atoms in total. The number of ketones is 1. The van der Waals surface area contributed by atoms with Crippen LogP contribution in [0.3, 0.4) is 0 Å². The van der Waals surface area contributed by atoms with Crippen molar-refractivity contribution in [1.82, 2.24) is 0 Å². The number of esters is 1. The van der Waals surface area contributed by atoms with Crippen LogP contribution in [-0.2, 0) is 14.3 Å². The standard InChI is InChI=1S/C11H16O3/c1-5-9(4)10(12)7-14-11(13)6-8(2)3/h5,9H,1-2,6-7H2,3-4H3. The molecule has 0 spiro atoms. The van der Waals surface area contributed by atoms with Gasteiger partial charge in [0, 0.05) is 5.92 Å². The van der Waals surface area contributed by atoms with E-state index in [-0.39, 0.29) is 24.7 Å². The molecule has 0 aliphatic rings. The molecule has 0 aliphatic carbocycles. The zero-order valence-electron chi connectivity index (χ0n) is 8.71. The fraction of sp³-hybridized carbons (Fsp3) is 0.455. The van der Waals surface area contributed by atoms with Crippen molar-refractivity contribution >= 4 is 11.8 Å². The molecule has 0 fully saturated rings. The SMILES string of the molecule is C=CC(C)C(=O)COC(=O)CC(=C)C. The fourth-order valence-electron chi connectivity index (χ4n) is 0.712. The minimum atomic E-state index is -0.415. The van der Waals surface area contributed by atoms with Crippen molar-refractivity contribution in [1.29, 1.82) is 0 Å². The maximum absolute atomic E-state index is 11.2. The smallest absolute Gasteiger partial charge is 0.310 e. The summed E-state index contributed by atoms with van der Waals surface area (Å²) in [6.45, 7) is 10.3. The zero-order chi connectivity index (χ0) is 11.1. The molecule has 78 valence electrons. The van der Waals surface area contributed by atoms with Crippen molar-refractivity contribution in [2.75, 3.05) is 6.61 Å². The summed E-state index contributed by atoms with van der Waals surface area (Å²) in [5, 5.41) is 0. The van der Waals surface area contributed by atoms with Crippen LogP contribution in [0.2, 0.25) is 0 Å². The monoisotopic (exact) mass is 196 g/mol. The van der Waals surface area contributed by atoms with Crippen LogP contribution in [0.5, 0.6) is 0 Å². The summed E-state index contributed by atoms with van der Waals surface area (Å²) in [6, 6.07) is 0. The van der Waals surface area contributed by atoms with Crippen molar-refractivity contribution in [2.24, 2.45) is 5.92 Å². The minimum Gasteiger partial charge on any atom is -0.457 e. The Hall–Kier alpha value is -1.38. The highest BCUT2D eigenvalue weighted by atomic mass is 16.5. The van der Waals surface area contributed by atoms with Gasteiger partial charge in [-0.05, 0) is 6.92 Å². The van der Waals surface area contributed by atoms with Crippen LogP contribution in [0.1, 0.15) is 20.3 Å². The molecule has 0 heterocycles. The number of hydrogen-bond acceptors (Lipinski definition) is 3. The average molecular weight is 196 g/mol. The highest BCUT2D eigenvalue weighted by Gasteiger charge is 2.11. The lowest BCUT2D eigenvalue weighted by atomic mass is 10.1. The van der Waals surface area contributed by atoms with Crippen LogP contribution in [0.25, 0.3) is 0 Å². The summed E-state index contributed by atoms with van der Waals surface area (Å²) >= 11 is 0. The quantitative estimate of drug-likeness (QED) is 0.481. The number of Topliss-reactive ketones (excluding diaryl/α,β-unsaturated/α-hetero) is 1. The fourth-order valence-corrected chi connectivity index (χ4v) is 0.712. The number of rotatable bonds is 6. The van der Waals surface area contributed by atoms with E-state index >= 15 is 0 Å². The highest BCUT2D eigenvalue weighted by Crippen LogP contribution is 2.01. The zero-order valence-corrected chi connectivity index (χ0v) is 8.71. The first-order valence-corrected chi connectivity index (χ1v) is 4.42. The first-order chi connectivity index (χ1) is 6.47. The molecule has 0 saturated heterocycles. The third-order valence-corrected chi connectivity index (χ3v) is 1.68. The minimum absolute atomic E-state index is 0.143. The van der Waals surface area contributed by atoms with Gasteiger partial charge in [0.05, 0.1) is 6.42 Å². The molecule has 0 rings (SSSR count). The van der Waals surface area contributed by atoms with E-state index in [9.17, 15) is 9.59 Å². The van der Waals surface area contributed by atoms with Gasteiger partial charge in [0.25, 0.3) is 0 Å². The van der Waals surface area contributed by atoms with Gasteiger partial charge in [0.15, 0.2) is 12.4 Å². The number of carbonyl (C=O) groups excluding carboxylic acids is 2. The molecular formula is C11H16O3. The lowest BCUT2D eigenvalue weighted by Crippen LogP contribution is -2.18. The maximum atomic E-state index is 11.2. The Bertz CT molecular complexity index is 253. The van der Waals surface area contributed by atoms with Crippen molar-refractivity contribution in [3.8, 4) is 0 Å². The molecule has 1 unspecified atom stereocenters. The van der Waals surface area contributed by atoms with E-state index in [0.29, 0.717) is 0 Å². The summed E-state index contributed by atoms with van der Waals surface area (Å²) in [7, 11) is 0. The van der Waals surface area contributed by atoms with Crippen LogP contribution >= 0.6 is 0 Å². The Labute approximate surface area is 84.4 Å². The van der Waals surface area contributed by atoms with Crippen molar-refractivity contribution in [2.45, 2.75) is 20.3 Å². The van der Waals surface area contributed by atoms with Gasteiger partial charge in [-0.1, -0.05) is 25.2 Å².